The Morgan fingerprint density at radius 1 is 1.07 bits per heavy atom. The van der Waals surface area contributed by atoms with Crippen molar-refractivity contribution in [3.05, 3.63) is 0 Å². The number of hydrogen-bond acceptors (Lipinski definition) is 3. The molecular weight excluding hydrogens is 188 g/mol. The minimum absolute atomic E-state index is 0.0761. The Bertz CT molecular complexity index is 210. The monoisotopic (exact) mass is 212 g/mol. The molecule has 1 aliphatic carbocycles. The zero-order chi connectivity index (χ0) is 11.0. The van der Waals surface area contributed by atoms with Crippen LogP contribution in [0.3, 0.4) is 0 Å². The molecule has 1 aliphatic heterocycles. The Morgan fingerprint density at radius 2 is 1.67 bits per heavy atom. The first-order valence-corrected chi connectivity index (χ1v) is 6.23. The molecule has 0 bridgehead atoms. The summed E-state index contributed by atoms with van der Waals surface area (Å²) in [6.07, 6.45) is 3.30. The molecule has 3 nitrogen and oxygen atoms in total. The van der Waals surface area contributed by atoms with Crippen molar-refractivity contribution in [2.75, 3.05) is 20.1 Å². The van der Waals surface area contributed by atoms with Gasteiger partial charge in [-0.3, -0.25) is 9.80 Å². The lowest BCUT2D eigenvalue weighted by molar-refractivity contribution is -0.00176. The number of aliphatic hydroxyl groups is 1. The lowest BCUT2D eigenvalue weighted by Gasteiger charge is -2.45. The van der Waals surface area contributed by atoms with Crippen LogP contribution in [0.15, 0.2) is 0 Å². The van der Waals surface area contributed by atoms with Gasteiger partial charge in [-0.2, -0.15) is 0 Å². The van der Waals surface area contributed by atoms with E-state index < -0.39 is 0 Å². The summed E-state index contributed by atoms with van der Waals surface area (Å²) >= 11 is 0. The van der Waals surface area contributed by atoms with Gasteiger partial charge in [-0.05, 0) is 40.2 Å². The van der Waals surface area contributed by atoms with Crippen LogP contribution in [-0.4, -0.2) is 59.3 Å². The first-order chi connectivity index (χ1) is 7.09. The second-order valence-electron chi connectivity index (χ2n) is 5.38. The predicted molar refractivity (Wildman–Crippen MR) is 61.9 cm³/mol. The Hall–Kier alpha value is -0.120. The van der Waals surface area contributed by atoms with E-state index in [4.69, 9.17) is 0 Å². The molecule has 2 aliphatic rings. The van der Waals surface area contributed by atoms with Crippen LogP contribution in [0.2, 0.25) is 0 Å². The summed E-state index contributed by atoms with van der Waals surface area (Å²) in [7, 11) is 2.21. The maximum atomic E-state index is 9.92. The highest BCUT2D eigenvalue weighted by Gasteiger charge is 2.36. The SMILES string of the molecule is CC1CN(C2CCCC2O)CC(C)N1C. The molecular formula is C12H24N2O. The molecule has 0 amide bonds. The molecule has 0 aromatic heterocycles. The van der Waals surface area contributed by atoms with Crippen molar-refractivity contribution in [3.63, 3.8) is 0 Å². The van der Waals surface area contributed by atoms with E-state index in [1.165, 1.54) is 12.8 Å². The van der Waals surface area contributed by atoms with Crippen LogP contribution < -0.4 is 0 Å². The molecule has 0 radical (unpaired) electrons. The van der Waals surface area contributed by atoms with Crippen LogP contribution in [0.4, 0.5) is 0 Å². The van der Waals surface area contributed by atoms with Gasteiger partial charge >= 0.3 is 0 Å². The van der Waals surface area contributed by atoms with Gasteiger partial charge in [-0.15, -0.1) is 0 Å². The molecule has 88 valence electrons. The van der Waals surface area contributed by atoms with Gasteiger partial charge in [-0.1, -0.05) is 0 Å². The maximum absolute atomic E-state index is 9.92. The number of rotatable bonds is 1. The third-order valence-corrected chi connectivity index (χ3v) is 4.30. The van der Waals surface area contributed by atoms with E-state index in [0.29, 0.717) is 18.1 Å². The lowest BCUT2D eigenvalue weighted by Crippen LogP contribution is -2.58. The van der Waals surface area contributed by atoms with E-state index in [1.54, 1.807) is 0 Å². The predicted octanol–water partition coefficient (Wildman–Crippen LogP) is 0.924. The van der Waals surface area contributed by atoms with Gasteiger partial charge in [0, 0.05) is 31.2 Å². The average Bonchev–Trinajstić information content (AvgIpc) is 2.60. The van der Waals surface area contributed by atoms with Crippen molar-refractivity contribution < 1.29 is 5.11 Å². The molecule has 1 saturated heterocycles. The number of likely N-dealkylation sites (N-methyl/N-ethyl adjacent to an activating group) is 1. The molecule has 1 heterocycles. The van der Waals surface area contributed by atoms with Crippen LogP contribution in [0, 0.1) is 0 Å². The van der Waals surface area contributed by atoms with Crippen molar-refractivity contribution >= 4 is 0 Å². The van der Waals surface area contributed by atoms with Gasteiger partial charge in [0.05, 0.1) is 6.10 Å². The van der Waals surface area contributed by atoms with Crippen molar-refractivity contribution in [1.29, 1.82) is 0 Å². The van der Waals surface area contributed by atoms with Gasteiger partial charge < -0.3 is 5.11 Å². The summed E-state index contributed by atoms with van der Waals surface area (Å²) in [6, 6.07) is 1.66. The van der Waals surface area contributed by atoms with Crippen molar-refractivity contribution in [1.82, 2.24) is 9.80 Å². The summed E-state index contributed by atoms with van der Waals surface area (Å²) < 4.78 is 0. The van der Waals surface area contributed by atoms with E-state index in [0.717, 1.165) is 19.5 Å². The second-order valence-corrected chi connectivity index (χ2v) is 5.38. The molecule has 4 atom stereocenters. The third kappa shape index (κ3) is 2.19. The van der Waals surface area contributed by atoms with Crippen LogP contribution in [0.25, 0.3) is 0 Å². The summed E-state index contributed by atoms with van der Waals surface area (Å²) in [4.78, 5) is 4.95. The van der Waals surface area contributed by atoms with E-state index >= 15 is 0 Å². The molecule has 2 rings (SSSR count). The number of aliphatic hydroxyl groups excluding tert-OH is 1. The van der Waals surface area contributed by atoms with Crippen molar-refractivity contribution in [2.45, 2.75) is 57.3 Å². The zero-order valence-corrected chi connectivity index (χ0v) is 10.2. The first kappa shape index (κ1) is 11.4. The van der Waals surface area contributed by atoms with Crippen LogP contribution in [0.1, 0.15) is 33.1 Å². The Kier molecular flexibility index (Phi) is 3.33. The molecule has 1 saturated carbocycles. The van der Waals surface area contributed by atoms with Gasteiger partial charge in [0.25, 0.3) is 0 Å². The van der Waals surface area contributed by atoms with Gasteiger partial charge in [0.2, 0.25) is 0 Å². The fourth-order valence-corrected chi connectivity index (χ4v) is 3.06. The number of piperazine rings is 1. The fraction of sp³-hybridized carbons (Fsp3) is 1.00. The highest BCUT2D eigenvalue weighted by atomic mass is 16.3. The molecule has 0 spiro atoms. The third-order valence-electron chi connectivity index (χ3n) is 4.30. The highest BCUT2D eigenvalue weighted by Crippen LogP contribution is 2.27. The lowest BCUT2D eigenvalue weighted by atomic mass is 10.0. The van der Waals surface area contributed by atoms with Crippen molar-refractivity contribution in [2.24, 2.45) is 0 Å². The number of hydrogen-bond donors (Lipinski definition) is 1. The number of nitrogens with zero attached hydrogens (tertiary/aromatic N) is 2. The molecule has 3 heteroatoms. The van der Waals surface area contributed by atoms with Gasteiger partial charge in [0.1, 0.15) is 0 Å². The summed E-state index contributed by atoms with van der Waals surface area (Å²) in [5, 5.41) is 9.92. The van der Waals surface area contributed by atoms with Crippen molar-refractivity contribution in [3.8, 4) is 0 Å². The summed E-state index contributed by atoms with van der Waals surface area (Å²) in [5.74, 6) is 0. The zero-order valence-electron chi connectivity index (χ0n) is 10.2. The highest BCUT2D eigenvalue weighted by molar-refractivity contribution is 4.91. The summed E-state index contributed by atoms with van der Waals surface area (Å²) in [5.41, 5.74) is 0. The Morgan fingerprint density at radius 3 is 2.13 bits per heavy atom. The average molecular weight is 212 g/mol. The van der Waals surface area contributed by atoms with Crippen LogP contribution in [-0.2, 0) is 0 Å². The largest absolute Gasteiger partial charge is 0.391 e. The topological polar surface area (TPSA) is 26.7 Å². The molecule has 4 unspecified atom stereocenters. The fourth-order valence-electron chi connectivity index (χ4n) is 3.06. The van der Waals surface area contributed by atoms with E-state index in [1.807, 2.05) is 0 Å². The maximum Gasteiger partial charge on any atom is 0.0695 e. The molecule has 0 aromatic carbocycles. The molecule has 0 aromatic rings. The Balaban J connectivity index is 1.99. The summed E-state index contributed by atoms with van der Waals surface area (Å²) in [6.45, 7) is 6.79. The minimum Gasteiger partial charge on any atom is -0.391 e. The van der Waals surface area contributed by atoms with Crippen LogP contribution in [0.5, 0.6) is 0 Å². The van der Waals surface area contributed by atoms with E-state index in [-0.39, 0.29) is 6.10 Å². The normalized spacial score (nSPS) is 44.8. The molecule has 15 heavy (non-hydrogen) atoms. The minimum atomic E-state index is -0.0761. The Labute approximate surface area is 93.1 Å². The smallest absolute Gasteiger partial charge is 0.0695 e. The van der Waals surface area contributed by atoms with Crippen LogP contribution >= 0.6 is 0 Å². The second kappa shape index (κ2) is 4.40. The molecule has 2 fully saturated rings. The molecule has 1 N–H and O–H groups in total. The standard InChI is InChI=1S/C12H24N2O/c1-9-7-14(8-10(2)13(9)3)11-5-4-6-12(11)15/h9-12,15H,4-8H2,1-3H3. The van der Waals surface area contributed by atoms with E-state index in [9.17, 15) is 5.11 Å². The van der Waals surface area contributed by atoms with E-state index in [2.05, 4.69) is 30.7 Å². The van der Waals surface area contributed by atoms with Gasteiger partial charge in [0.15, 0.2) is 0 Å². The first-order valence-electron chi connectivity index (χ1n) is 6.23. The van der Waals surface area contributed by atoms with Gasteiger partial charge in [-0.25, -0.2) is 0 Å². The quantitative estimate of drug-likeness (QED) is 0.700.